The van der Waals surface area contributed by atoms with Gasteiger partial charge in [-0.2, -0.15) is 0 Å². The molecule has 0 spiro atoms. The predicted octanol–water partition coefficient (Wildman–Crippen LogP) is 3.10. The topological polar surface area (TPSA) is 54.5 Å². The molecule has 1 aliphatic rings. The van der Waals surface area contributed by atoms with Crippen LogP contribution in [0.5, 0.6) is 0 Å². The normalized spacial score (nSPS) is 18.1. The largest absolute Gasteiger partial charge is 0.455 e. The zero-order valence-corrected chi connectivity index (χ0v) is 15.4. The summed E-state index contributed by atoms with van der Waals surface area (Å²) in [6.07, 6.45) is 5.90. The number of hydrogen-bond donors (Lipinski definition) is 0. The first-order valence-electron chi connectivity index (χ1n) is 9.22. The van der Waals surface area contributed by atoms with Gasteiger partial charge in [-0.1, -0.05) is 13.8 Å². The third kappa shape index (κ3) is 3.95. The van der Waals surface area contributed by atoms with E-state index in [1.807, 2.05) is 36.4 Å². The van der Waals surface area contributed by atoms with E-state index in [2.05, 4.69) is 28.3 Å². The zero-order chi connectivity index (χ0) is 17.8. The van der Waals surface area contributed by atoms with Crippen molar-refractivity contribution in [3.05, 3.63) is 41.9 Å². The van der Waals surface area contributed by atoms with Crippen LogP contribution in [-0.2, 0) is 6.54 Å². The summed E-state index contributed by atoms with van der Waals surface area (Å²) in [5.41, 5.74) is 0. The van der Waals surface area contributed by atoms with Crippen molar-refractivity contribution in [2.45, 2.75) is 46.2 Å². The van der Waals surface area contributed by atoms with Crippen molar-refractivity contribution in [2.75, 3.05) is 26.2 Å². The second kappa shape index (κ2) is 7.87. The Hall–Kier alpha value is -2.08. The lowest BCUT2D eigenvalue weighted by Crippen LogP contribution is -2.40. The molecule has 136 valence electrons. The van der Waals surface area contributed by atoms with Gasteiger partial charge in [-0.15, -0.1) is 0 Å². The van der Waals surface area contributed by atoms with Crippen molar-refractivity contribution in [1.29, 1.82) is 0 Å². The number of likely N-dealkylation sites (tertiary alicyclic amines) is 1. The number of amides is 1. The molecule has 1 fully saturated rings. The number of piperidine rings is 1. The van der Waals surface area contributed by atoms with Crippen LogP contribution < -0.4 is 0 Å². The molecule has 0 N–H and O–H groups in total. The highest BCUT2D eigenvalue weighted by Gasteiger charge is 2.27. The lowest BCUT2D eigenvalue weighted by Gasteiger charge is -2.33. The Balaban J connectivity index is 1.66. The maximum atomic E-state index is 12.8. The lowest BCUT2D eigenvalue weighted by atomic mass is 10.1. The first-order valence-corrected chi connectivity index (χ1v) is 9.22. The highest BCUT2D eigenvalue weighted by atomic mass is 16.4. The third-order valence-electron chi connectivity index (χ3n) is 5.09. The second-order valence-electron chi connectivity index (χ2n) is 6.66. The number of nitrogens with zero attached hydrogens (tertiary/aromatic N) is 4. The summed E-state index contributed by atoms with van der Waals surface area (Å²) >= 11 is 0. The zero-order valence-electron chi connectivity index (χ0n) is 15.4. The summed E-state index contributed by atoms with van der Waals surface area (Å²) < 4.78 is 8.00. The van der Waals surface area contributed by atoms with Gasteiger partial charge in [0, 0.05) is 25.5 Å². The second-order valence-corrected chi connectivity index (χ2v) is 6.66. The van der Waals surface area contributed by atoms with Crippen LogP contribution in [0.15, 0.2) is 28.9 Å². The average molecular weight is 344 g/mol. The summed E-state index contributed by atoms with van der Waals surface area (Å²) in [5.74, 6) is 2.29. The highest BCUT2D eigenvalue weighted by molar-refractivity contribution is 5.91. The fourth-order valence-corrected chi connectivity index (χ4v) is 3.54. The Kier molecular flexibility index (Phi) is 5.58. The van der Waals surface area contributed by atoms with Gasteiger partial charge in [-0.05, 0) is 45.0 Å². The predicted molar refractivity (Wildman–Crippen MR) is 96.5 cm³/mol. The Morgan fingerprint density at radius 2 is 2.16 bits per heavy atom. The molecule has 1 amide bonds. The number of furan rings is 1. The summed E-state index contributed by atoms with van der Waals surface area (Å²) in [5, 5.41) is 0. The molecule has 0 unspecified atom stereocenters. The number of carbonyl (C=O) groups is 1. The summed E-state index contributed by atoms with van der Waals surface area (Å²) in [4.78, 5) is 21.3. The highest BCUT2D eigenvalue weighted by Crippen LogP contribution is 2.24. The molecule has 0 aromatic carbocycles. The summed E-state index contributed by atoms with van der Waals surface area (Å²) in [6, 6.07) is 4.03. The number of hydrogen-bond acceptors (Lipinski definition) is 4. The van der Waals surface area contributed by atoms with Crippen LogP contribution in [0, 0.1) is 6.92 Å². The summed E-state index contributed by atoms with van der Waals surface area (Å²) in [6.45, 7) is 10.5. The van der Waals surface area contributed by atoms with Crippen molar-refractivity contribution < 1.29 is 9.21 Å². The lowest BCUT2D eigenvalue weighted by molar-refractivity contribution is 0.0642. The molecule has 1 aliphatic heterocycles. The van der Waals surface area contributed by atoms with E-state index in [4.69, 9.17) is 4.42 Å². The van der Waals surface area contributed by atoms with Gasteiger partial charge >= 0.3 is 0 Å². The molecule has 0 radical (unpaired) electrons. The quantitative estimate of drug-likeness (QED) is 0.808. The van der Waals surface area contributed by atoms with Crippen LogP contribution in [0.25, 0.3) is 0 Å². The van der Waals surface area contributed by atoms with Crippen molar-refractivity contribution in [1.82, 2.24) is 19.4 Å². The molecule has 0 saturated carbocycles. The molecule has 6 heteroatoms. The van der Waals surface area contributed by atoms with E-state index in [-0.39, 0.29) is 5.91 Å². The van der Waals surface area contributed by atoms with E-state index in [9.17, 15) is 4.79 Å². The molecule has 1 saturated heterocycles. The minimum Gasteiger partial charge on any atom is -0.455 e. The SMILES string of the molecule is CCN(CC)Cc1ccc(C(=O)N2CCC[C@H](n3ccnc3C)C2)o1. The van der Waals surface area contributed by atoms with Gasteiger partial charge in [0.05, 0.1) is 12.6 Å². The standard InChI is InChI=1S/C19H28N4O2/c1-4-21(5-2)14-17-8-9-18(25-17)19(24)22-11-6-7-16(13-22)23-12-10-20-15(23)3/h8-10,12,16H,4-7,11,13-14H2,1-3H3/t16-/m0/s1. The maximum absolute atomic E-state index is 12.8. The molecule has 0 bridgehead atoms. The number of imidazole rings is 1. The van der Waals surface area contributed by atoms with Gasteiger partial charge in [0.1, 0.15) is 11.6 Å². The van der Waals surface area contributed by atoms with Gasteiger partial charge in [0.2, 0.25) is 0 Å². The van der Waals surface area contributed by atoms with Gasteiger partial charge in [0.25, 0.3) is 5.91 Å². The Morgan fingerprint density at radius 1 is 1.36 bits per heavy atom. The van der Waals surface area contributed by atoms with Crippen LogP contribution in [0.2, 0.25) is 0 Å². The number of rotatable bonds is 6. The van der Waals surface area contributed by atoms with Crippen molar-refractivity contribution >= 4 is 5.91 Å². The van der Waals surface area contributed by atoms with Crippen LogP contribution in [0.3, 0.4) is 0 Å². The molecule has 25 heavy (non-hydrogen) atoms. The Bertz CT molecular complexity index is 702. The van der Waals surface area contributed by atoms with Crippen LogP contribution >= 0.6 is 0 Å². The molecular weight excluding hydrogens is 316 g/mol. The van der Waals surface area contributed by atoms with Crippen LogP contribution in [0.4, 0.5) is 0 Å². The first kappa shape index (κ1) is 17.7. The summed E-state index contributed by atoms with van der Waals surface area (Å²) in [7, 11) is 0. The number of aryl methyl sites for hydroxylation is 1. The molecule has 6 nitrogen and oxygen atoms in total. The first-order chi connectivity index (χ1) is 12.1. The molecular formula is C19H28N4O2. The van der Waals surface area contributed by atoms with Gasteiger partial charge in [-0.3, -0.25) is 9.69 Å². The smallest absolute Gasteiger partial charge is 0.289 e. The van der Waals surface area contributed by atoms with E-state index in [1.54, 1.807) is 0 Å². The fraction of sp³-hybridized carbons (Fsp3) is 0.579. The molecule has 0 aliphatic carbocycles. The van der Waals surface area contributed by atoms with Gasteiger partial charge in [-0.25, -0.2) is 4.98 Å². The third-order valence-corrected chi connectivity index (χ3v) is 5.09. The van der Waals surface area contributed by atoms with E-state index < -0.39 is 0 Å². The molecule has 3 rings (SSSR count). The van der Waals surface area contributed by atoms with Crippen molar-refractivity contribution in [2.24, 2.45) is 0 Å². The molecule has 3 heterocycles. The Labute approximate surface area is 149 Å². The maximum Gasteiger partial charge on any atom is 0.289 e. The monoisotopic (exact) mass is 344 g/mol. The molecule has 2 aromatic rings. The van der Waals surface area contributed by atoms with E-state index in [0.29, 0.717) is 18.3 Å². The van der Waals surface area contributed by atoms with Crippen molar-refractivity contribution in [3.8, 4) is 0 Å². The number of aromatic nitrogens is 2. The van der Waals surface area contributed by atoms with Crippen molar-refractivity contribution in [3.63, 3.8) is 0 Å². The van der Waals surface area contributed by atoms with E-state index in [0.717, 1.165) is 50.6 Å². The van der Waals surface area contributed by atoms with Crippen LogP contribution in [-0.4, -0.2) is 51.4 Å². The average Bonchev–Trinajstić information content (AvgIpc) is 3.28. The van der Waals surface area contributed by atoms with E-state index in [1.165, 1.54) is 0 Å². The van der Waals surface area contributed by atoms with Gasteiger partial charge in [0.15, 0.2) is 5.76 Å². The van der Waals surface area contributed by atoms with Gasteiger partial charge < -0.3 is 13.9 Å². The minimum atomic E-state index is -0.00624. The van der Waals surface area contributed by atoms with E-state index >= 15 is 0 Å². The minimum absolute atomic E-state index is 0.00624. The fourth-order valence-electron chi connectivity index (χ4n) is 3.54. The molecule has 1 atom stereocenters. The van der Waals surface area contributed by atoms with Crippen LogP contribution in [0.1, 0.15) is 54.9 Å². The molecule has 2 aromatic heterocycles. The Morgan fingerprint density at radius 3 is 2.84 bits per heavy atom. The number of carbonyl (C=O) groups excluding carboxylic acids is 1.